The van der Waals surface area contributed by atoms with E-state index >= 15 is 0 Å². The number of nitrogens with one attached hydrogen (secondary N) is 1. The molecule has 3 aromatic carbocycles. The van der Waals surface area contributed by atoms with Crippen LogP contribution in [0, 0.1) is 21.4 Å². The molecule has 0 amide bonds. The van der Waals surface area contributed by atoms with Crippen LogP contribution < -0.4 is 15.0 Å². The number of ether oxygens (including phenoxy) is 1. The van der Waals surface area contributed by atoms with E-state index in [1.165, 1.54) is 42.1 Å². The average Bonchev–Trinajstić information content (AvgIpc) is 3.68. The van der Waals surface area contributed by atoms with Crippen molar-refractivity contribution in [3.63, 3.8) is 0 Å². The normalized spacial score (nSPS) is 19.1. The minimum Gasteiger partial charge on any atom is -0.456 e. The van der Waals surface area contributed by atoms with Crippen LogP contribution in [0.15, 0.2) is 102 Å². The number of fused-ring (bicyclic) bond motifs is 1. The SMILES string of the molecule is CCN1CCCC(CNc2ccc(S(=O)(=O)n3ccc4cc(Oc5cccc(N6CCN(CC7=C(c8ccc(Cl)cc8)CC(C)(C)CC7)CC6)c5)cnc43)cc2[N+](=O)[O-])C1. The van der Waals surface area contributed by atoms with E-state index in [2.05, 4.69) is 64.0 Å². The molecule has 316 valence electrons. The first-order valence-corrected chi connectivity index (χ1v) is 22.9. The second kappa shape index (κ2) is 17.6. The van der Waals surface area contributed by atoms with Gasteiger partial charge in [-0.15, -0.1) is 0 Å². The molecule has 3 aliphatic rings. The second-order valence-electron chi connectivity index (χ2n) is 17.2. The van der Waals surface area contributed by atoms with E-state index in [1.807, 2.05) is 30.3 Å². The van der Waals surface area contributed by atoms with Gasteiger partial charge in [0.1, 0.15) is 17.2 Å². The Labute approximate surface area is 358 Å². The lowest BCUT2D eigenvalue weighted by molar-refractivity contribution is -0.384. The van der Waals surface area contributed by atoms with Gasteiger partial charge in [0.2, 0.25) is 0 Å². The van der Waals surface area contributed by atoms with Crippen molar-refractivity contribution >= 4 is 55.3 Å². The molecular formula is C46H54ClN7O5S. The van der Waals surface area contributed by atoms with Crippen molar-refractivity contribution in [3.8, 4) is 11.5 Å². The number of halogens is 1. The van der Waals surface area contributed by atoms with Crippen molar-refractivity contribution in [2.24, 2.45) is 11.3 Å². The summed E-state index contributed by atoms with van der Waals surface area (Å²) in [5.74, 6) is 1.47. The highest BCUT2D eigenvalue weighted by molar-refractivity contribution is 7.90. The molecule has 2 aliphatic heterocycles. The molecule has 1 N–H and O–H groups in total. The van der Waals surface area contributed by atoms with Crippen LogP contribution >= 0.6 is 11.6 Å². The third-order valence-corrected chi connectivity index (χ3v) is 14.3. The first kappa shape index (κ1) is 41.8. The molecule has 0 saturated carbocycles. The largest absolute Gasteiger partial charge is 0.456 e. The molecule has 5 aromatic rings. The summed E-state index contributed by atoms with van der Waals surface area (Å²) >= 11 is 6.23. The third-order valence-electron chi connectivity index (χ3n) is 12.4. The van der Waals surface area contributed by atoms with Gasteiger partial charge in [-0.05, 0) is 116 Å². The van der Waals surface area contributed by atoms with E-state index in [1.54, 1.807) is 17.7 Å². The molecule has 14 heteroatoms. The highest BCUT2D eigenvalue weighted by atomic mass is 35.5. The van der Waals surface area contributed by atoms with Gasteiger partial charge in [0.05, 0.1) is 16.0 Å². The number of anilines is 2. The number of piperidine rings is 1. The molecule has 1 aliphatic carbocycles. The van der Waals surface area contributed by atoms with E-state index in [4.69, 9.17) is 16.3 Å². The Morgan fingerprint density at radius 1 is 0.967 bits per heavy atom. The van der Waals surface area contributed by atoms with Crippen molar-refractivity contribution in [1.29, 1.82) is 0 Å². The van der Waals surface area contributed by atoms with Crippen LogP contribution in [0.2, 0.25) is 5.02 Å². The molecule has 0 spiro atoms. The lowest BCUT2D eigenvalue weighted by atomic mass is 9.72. The van der Waals surface area contributed by atoms with Gasteiger partial charge in [-0.3, -0.25) is 15.0 Å². The number of allylic oxidation sites excluding steroid dienone is 1. The summed E-state index contributed by atoms with van der Waals surface area (Å²) in [6.45, 7) is 15.1. The average molecular weight is 853 g/mol. The molecule has 8 rings (SSSR count). The Hall–Kier alpha value is -4.95. The maximum Gasteiger partial charge on any atom is 0.293 e. The summed E-state index contributed by atoms with van der Waals surface area (Å²) in [7, 11) is -4.21. The first-order valence-electron chi connectivity index (χ1n) is 21.0. The number of benzene rings is 3. The minimum atomic E-state index is -4.21. The Morgan fingerprint density at radius 2 is 1.77 bits per heavy atom. The van der Waals surface area contributed by atoms with Gasteiger partial charge in [-0.25, -0.2) is 17.4 Å². The van der Waals surface area contributed by atoms with Crippen molar-refractivity contribution in [3.05, 3.63) is 118 Å². The molecule has 2 saturated heterocycles. The number of nitro groups is 1. The van der Waals surface area contributed by atoms with Gasteiger partial charge >= 0.3 is 0 Å². The van der Waals surface area contributed by atoms with E-state index < -0.39 is 14.9 Å². The zero-order chi connectivity index (χ0) is 42.0. The predicted octanol–water partition coefficient (Wildman–Crippen LogP) is 9.56. The van der Waals surface area contributed by atoms with E-state index in [0.29, 0.717) is 35.0 Å². The third kappa shape index (κ3) is 9.34. The van der Waals surface area contributed by atoms with Crippen molar-refractivity contribution in [2.45, 2.75) is 57.8 Å². The smallest absolute Gasteiger partial charge is 0.293 e. The van der Waals surface area contributed by atoms with Crippen molar-refractivity contribution in [1.82, 2.24) is 18.8 Å². The van der Waals surface area contributed by atoms with Crippen molar-refractivity contribution in [2.75, 3.05) is 69.1 Å². The topological polar surface area (TPSA) is 126 Å². The fourth-order valence-electron chi connectivity index (χ4n) is 8.95. The number of rotatable bonds is 13. The van der Waals surface area contributed by atoms with Gasteiger partial charge in [-0.2, -0.15) is 0 Å². The van der Waals surface area contributed by atoms with Crippen LogP contribution in [0.4, 0.5) is 17.1 Å². The molecule has 1 unspecified atom stereocenters. The van der Waals surface area contributed by atoms with E-state index in [-0.39, 0.29) is 21.6 Å². The number of likely N-dealkylation sites (tertiary alicyclic amines) is 1. The summed E-state index contributed by atoms with van der Waals surface area (Å²) in [6, 6.07) is 23.7. The Balaban J connectivity index is 0.914. The number of hydrogen-bond donors (Lipinski definition) is 1. The maximum atomic E-state index is 13.9. The van der Waals surface area contributed by atoms with Crippen LogP contribution in [-0.2, 0) is 10.0 Å². The Morgan fingerprint density at radius 3 is 2.53 bits per heavy atom. The van der Waals surface area contributed by atoms with Gasteiger partial charge in [0, 0.05) is 80.2 Å². The van der Waals surface area contributed by atoms with E-state index in [0.717, 1.165) is 98.8 Å². The zero-order valence-corrected chi connectivity index (χ0v) is 36.2. The summed E-state index contributed by atoms with van der Waals surface area (Å²) in [4.78, 5) is 23.2. The summed E-state index contributed by atoms with van der Waals surface area (Å²) in [5, 5.41) is 16.7. The van der Waals surface area contributed by atoms with Gasteiger partial charge in [-0.1, -0.05) is 56.1 Å². The van der Waals surface area contributed by atoms with Crippen LogP contribution in [-0.4, -0.2) is 91.0 Å². The highest BCUT2D eigenvalue weighted by Gasteiger charge is 2.30. The van der Waals surface area contributed by atoms with E-state index in [9.17, 15) is 18.5 Å². The van der Waals surface area contributed by atoms with Crippen molar-refractivity contribution < 1.29 is 18.1 Å². The molecule has 2 fully saturated rings. The van der Waals surface area contributed by atoms with Gasteiger partial charge < -0.3 is 19.9 Å². The highest BCUT2D eigenvalue weighted by Crippen LogP contribution is 2.43. The number of pyridine rings is 1. The quantitative estimate of drug-likeness (QED) is 0.0905. The zero-order valence-electron chi connectivity index (χ0n) is 34.6. The molecule has 60 heavy (non-hydrogen) atoms. The van der Waals surface area contributed by atoms with Crippen LogP contribution in [0.1, 0.15) is 58.4 Å². The number of hydrogen-bond acceptors (Lipinski definition) is 10. The standard InChI is InChI=1S/C46H54ClN7O5S/c1-4-50-19-6-7-33(31-50)29-48-43-15-14-41(27-44(43)54(55)56)60(57,58)53-20-17-35-25-40(30-49-45(35)53)59-39-9-5-8-38(26-39)52-23-21-51(22-24-52)32-36-16-18-46(2,3)28-42(36)34-10-12-37(47)13-11-34/h5,8-15,17,20,25-27,30,33,48H,4,6-7,16,18-19,21-24,28-29,31-32H2,1-3H3. The van der Waals surface area contributed by atoms with Crippen LogP contribution in [0.5, 0.6) is 11.5 Å². The first-order chi connectivity index (χ1) is 28.8. The molecule has 0 bridgehead atoms. The maximum absolute atomic E-state index is 13.9. The lowest BCUT2D eigenvalue weighted by Gasteiger charge is -2.39. The Kier molecular flexibility index (Phi) is 12.2. The van der Waals surface area contributed by atoms with Gasteiger partial charge in [0.25, 0.3) is 15.7 Å². The monoisotopic (exact) mass is 851 g/mol. The molecule has 12 nitrogen and oxygen atoms in total. The summed E-state index contributed by atoms with van der Waals surface area (Å²) in [5.41, 5.74) is 5.87. The van der Waals surface area contributed by atoms with Gasteiger partial charge in [0.15, 0.2) is 5.65 Å². The minimum absolute atomic E-state index is 0.190. The van der Waals surface area contributed by atoms with Crippen LogP contribution in [0.3, 0.4) is 0 Å². The lowest BCUT2D eigenvalue weighted by Crippen LogP contribution is -2.47. The number of nitro benzene ring substituents is 1. The number of piperazine rings is 1. The fourth-order valence-corrected chi connectivity index (χ4v) is 10.4. The molecule has 2 aromatic heterocycles. The predicted molar refractivity (Wildman–Crippen MR) is 240 cm³/mol. The molecule has 0 radical (unpaired) electrons. The molecule has 4 heterocycles. The molecule has 1 atom stereocenters. The Bertz CT molecular complexity index is 2500. The number of aromatic nitrogens is 2. The fraction of sp³-hybridized carbons (Fsp3) is 0.413. The van der Waals surface area contributed by atoms with Crippen LogP contribution in [0.25, 0.3) is 16.6 Å². The molecular weight excluding hydrogens is 798 g/mol. The summed E-state index contributed by atoms with van der Waals surface area (Å²) < 4.78 is 35.1. The second-order valence-corrected chi connectivity index (χ2v) is 19.5. The summed E-state index contributed by atoms with van der Waals surface area (Å²) in [6.07, 6.45) is 8.42. The number of nitrogens with zero attached hydrogens (tertiary/aromatic N) is 6.